The normalized spacial score (nSPS) is 31.3. The lowest BCUT2D eigenvalue weighted by atomic mass is 9.93. The molecule has 0 saturated heterocycles. The van der Waals surface area contributed by atoms with E-state index < -0.39 is 0 Å². The van der Waals surface area contributed by atoms with Crippen molar-refractivity contribution in [3.63, 3.8) is 0 Å². The van der Waals surface area contributed by atoms with E-state index in [0.717, 1.165) is 24.3 Å². The zero-order chi connectivity index (χ0) is 11.9. The van der Waals surface area contributed by atoms with Gasteiger partial charge in [0.15, 0.2) is 0 Å². The smallest absolute Gasteiger partial charge is 0.118 e. The van der Waals surface area contributed by atoms with Crippen LogP contribution in [-0.4, -0.2) is 19.7 Å². The van der Waals surface area contributed by atoms with Gasteiger partial charge in [-0.15, -0.1) is 0 Å². The Kier molecular flexibility index (Phi) is 2.62. The van der Waals surface area contributed by atoms with Crippen LogP contribution in [0.2, 0.25) is 0 Å². The van der Waals surface area contributed by atoms with Crippen molar-refractivity contribution in [2.45, 2.75) is 37.6 Å². The van der Waals surface area contributed by atoms with Crippen molar-refractivity contribution in [2.24, 2.45) is 5.92 Å². The van der Waals surface area contributed by atoms with E-state index in [1.165, 1.54) is 24.8 Å². The van der Waals surface area contributed by atoms with Crippen LogP contribution in [0.4, 0.5) is 0 Å². The molecule has 2 nitrogen and oxygen atoms in total. The van der Waals surface area contributed by atoms with Gasteiger partial charge in [0.2, 0.25) is 0 Å². The minimum Gasteiger partial charge on any atom is -0.497 e. The molecule has 0 heterocycles. The molecule has 17 heavy (non-hydrogen) atoms. The van der Waals surface area contributed by atoms with E-state index in [-0.39, 0.29) is 0 Å². The van der Waals surface area contributed by atoms with Gasteiger partial charge in [0, 0.05) is 18.0 Å². The molecule has 2 fully saturated rings. The first kappa shape index (κ1) is 11.1. The van der Waals surface area contributed by atoms with E-state index in [2.05, 4.69) is 36.5 Å². The summed E-state index contributed by atoms with van der Waals surface area (Å²) in [5, 5.41) is 3.69. The molecule has 3 rings (SSSR count). The Labute approximate surface area is 103 Å². The maximum atomic E-state index is 5.22. The van der Waals surface area contributed by atoms with E-state index in [1.807, 2.05) is 0 Å². The molecule has 2 aliphatic carbocycles. The first-order valence-corrected chi connectivity index (χ1v) is 6.62. The highest BCUT2D eigenvalue weighted by atomic mass is 16.5. The summed E-state index contributed by atoms with van der Waals surface area (Å²) in [7, 11) is 1.72. The summed E-state index contributed by atoms with van der Waals surface area (Å²) >= 11 is 0. The van der Waals surface area contributed by atoms with E-state index in [1.54, 1.807) is 7.11 Å². The summed E-state index contributed by atoms with van der Waals surface area (Å²) in [4.78, 5) is 0. The average Bonchev–Trinajstić information content (AvgIpc) is 3.25. The van der Waals surface area contributed by atoms with Crippen LogP contribution in [0.5, 0.6) is 5.75 Å². The lowest BCUT2D eigenvalue weighted by Gasteiger charge is -2.18. The fourth-order valence-corrected chi connectivity index (χ4v) is 2.78. The van der Waals surface area contributed by atoms with E-state index in [9.17, 15) is 0 Å². The monoisotopic (exact) mass is 231 g/mol. The third kappa shape index (κ3) is 2.06. The quantitative estimate of drug-likeness (QED) is 0.841. The van der Waals surface area contributed by atoms with Crippen molar-refractivity contribution >= 4 is 0 Å². The molecule has 0 spiro atoms. The SMILES string of the molecule is COc1ccc(C2(CNC3CC3)CC2C)cc1. The van der Waals surface area contributed by atoms with Crippen molar-refractivity contribution in [2.75, 3.05) is 13.7 Å². The second kappa shape index (κ2) is 4.02. The minimum atomic E-state index is 0.398. The van der Waals surface area contributed by atoms with Crippen LogP contribution in [0.15, 0.2) is 24.3 Å². The minimum absolute atomic E-state index is 0.398. The number of nitrogens with one attached hydrogen (secondary N) is 1. The molecule has 2 heteroatoms. The predicted octanol–water partition coefficient (Wildman–Crippen LogP) is 2.72. The van der Waals surface area contributed by atoms with Crippen LogP contribution in [0.1, 0.15) is 31.7 Å². The van der Waals surface area contributed by atoms with Gasteiger partial charge in [-0.3, -0.25) is 0 Å². The van der Waals surface area contributed by atoms with Crippen LogP contribution in [0.25, 0.3) is 0 Å². The van der Waals surface area contributed by atoms with Gasteiger partial charge < -0.3 is 10.1 Å². The third-order valence-corrected chi connectivity index (χ3v) is 4.40. The van der Waals surface area contributed by atoms with Crippen LogP contribution in [-0.2, 0) is 5.41 Å². The second-order valence-corrected chi connectivity index (χ2v) is 5.64. The lowest BCUT2D eigenvalue weighted by Crippen LogP contribution is -2.29. The summed E-state index contributed by atoms with van der Waals surface area (Å²) in [5.74, 6) is 1.76. The zero-order valence-corrected chi connectivity index (χ0v) is 10.7. The number of benzene rings is 1. The molecular weight excluding hydrogens is 210 g/mol. The summed E-state index contributed by atoms with van der Waals surface area (Å²) in [6.07, 6.45) is 4.05. The average molecular weight is 231 g/mol. The highest BCUT2D eigenvalue weighted by Gasteiger charge is 2.52. The van der Waals surface area contributed by atoms with Gasteiger partial charge in [0.1, 0.15) is 5.75 Å². The van der Waals surface area contributed by atoms with Gasteiger partial charge in [0.25, 0.3) is 0 Å². The van der Waals surface area contributed by atoms with Crippen molar-refractivity contribution in [1.82, 2.24) is 5.32 Å². The Bertz CT molecular complexity index is 396. The van der Waals surface area contributed by atoms with Gasteiger partial charge in [-0.1, -0.05) is 19.1 Å². The highest BCUT2D eigenvalue weighted by Crippen LogP contribution is 2.54. The third-order valence-electron chi connectivity index (χ3n) is 4.40. The molecular formula is C15H21NO. The molecule has 2 atom stereocenters. The number of hydrogen-bond donors (Lipinski definition) is 1. The number of methoxy groups -OCH3 is 1. The van der Waals surface area contributed by atoms with Crippen molar-refractivity contribution in [3.8, 4) is 5.75 Å². The van der Waals surface area contributed by atoms with E-state index in [4.69, 9.17) is 4.74 Å². The lowest BCUT2D eigenvalue weighted by molar-refractivity contribution is 0.414. The topological polar surface area (TPSA) is 21.3 Å². The first-order chi connectivity index (χ1) is 8.24. The van der Waals surface area contributed by atoms with E-state index in [0.29, 0.717) is 5.41 Å². The van der Waals surface area contributed by atoms with Crippen LogP contribution < -0.4 is 10.1 Å². The molecule has 92 valence electrons. The predicted molar refractivity (Wildman–Crippen MR) is 69.5 cm³/mol. The molecule has 0 radical (unpaired) electrons. The molecule has 2 saturated carbocycles. The number of rotatable bonds is 5. The van der Waals surface area contributed by atoms with Crippen molar-refractivity contribution in [3.05, 3.63) is 29.8 Å². The second-order valence-electron chi connectivity index (χ2n) is 5.64. The van der Waals surface area contributed by atoms with Crippen LogP contribution >= 0.6 is 0 Å². The molecule has 0 amide bonds. The zero-order valence-electron chi connectivity index (χ0n) is 10.7. The molecule has 1 N–H and O–H groups in total. The van der Waals surface area contributed by atoms with Gasteiger partial charge in [-0.2, -0.15) is 0 Å². The fraction of sp³-hybridized carbons (Fsp3) is 0.600. The van der Waals surface area contributed by atoms with Crippen LogP contribution in [0, 0.1) is 5.92 Å². The van der Waals surface area contributed by atoms with Crippen LogP contribution in [0.3, 0.4) is 0 Å². The Hall–Kier alpha value is -1.02. The Morgan fingerprint density at radius 3 is 2.41 bits per heavy atom. The molecule has 1 aromatic rings. The molecule has 2 unspecified atom stereocenters. The molecule has 0 aromatic heterocycles. The molecule has 0 bridgehead atoms. The summed E-state index contributed by atoms with van der Waals surface area (Å²) < 4.78 is 5.22. The Morgan fingerprint density at radius 1 is 1.29 bits per heavy atom. The van der Waals surface area contributed by atoms with Gasteiger partial charge in [-0.25, -0.2) is 0 Å². The van der Waals surface area contributed by atoms with Crippen molar-refractivity contribution < 1.29 is 4.74 Å². The Morgan fingerprint density at radius 2 is 1.94 bits per heavy atom. The first-order valence-electron chi connectivity index (χ1n) is 6.62. The maximum absolute atomic E-state index is 5.22. The standard InChI is InChI=1S/C15H21NO/c1-11-9-15(11,10-16-13-5-6-13)12-3-7-14(17-2)8-4-12/h3-4,7-8,11,13,16H,5-6,9-10H2,1-2H3. The highest BCUT2D eigenvalue weighted by molar-refractivity contribution is 5.38. The summed E-state index contributed by atoms with van der Waals surface area (Å²) in [6.45, 7) is 3.50. The summed E-state index contributed by atoms with van der Waals surface area (Å²) in [5.41, 5.74) is 1.87. The number of ether oxygens (including phenoxy) is 1. The molecule has 2 aliphatic rings. The molecule has 1 aromatic carbocycles. The number of hydrogen-bond acceptors (Lipinski definition) is 2. The summed E-state index contributed by atoms with van der Waals surface area (Å²) in [6, 6.07) is 9.43. The van der Waals surface area contributed by atoms with Gasteiger partial charge in [-0.05, 0) is 42.9 Å². The van der Waals surface area contributed by atoms with Gasteiger partial charge >= 0.3 is 0 Å². The van der Waals surface area contributed by atoms with Gasteiger partial charge in [0.05, 0.1) is 7.11 Å². The van der Waals surface area contributed by atoms with E-state index >= 15 is 0 Å². The largest absolute Gasteiger partial charge is 0.497 e. The molecule has 0 aliphatic heterocycles. The fourth-order valence-electron chi connectivity index (χ4n) is 2.78. The van der Waals surface area contributed by atoms with Crippen molar-refractivity contribution in [1.29, 1.82) is 0 Å². The maximum Gasteiger partial charge on any atom is 0.118 e. The Balaban J connectivity index is 1.74.